The average molecular weight is 404 g/mol. The van der Waals surface area contributed by atoms with Gasteiger partial charge in [-0.05, 0) is 61.7 Å². The molecule has 2 aromatic carbocycles. The van der Waals surface area contributed by atoms with Gasteiger partial charge >= 0.3 is 6.18 Å². The van der Waals surface area contributed by atoms with Crippen molar-refractivity contribution in [3.63, 3.8) is 0 Å². The number of alkyl halides is 3. The Morgan fingerprint density at radius 1 is 1.14 bits per heavy atom. The summed E-state index contributed by atoms with van der Waals surface area (Å²) in [5, 5.41) is 3.19. The number of halogens is 3. The number of rotatable bonds is 4. The van der Waals surface area contributed by atoms with E-state index in [1.165, 1.54) is 6.07 Å². The molecule has 1 heterocycles. The molecule has 0 aliphatic carbocycles. The molecule has 0 bridgehead atoms. The molecule has 1 aliphatic heterocycles. The fourth-order valence-corrected chi connectivity index (χ4v) is 4.14. The molecule has 29 heavy (non-hydrogen) atoms. The Morgan fingerprint density at radius 2 is 1.83 bits per heavy atom. The molecule has 2 aromatic rings. The number of hydrogen-bond donors (Lipinski definition) is 1. The van der Waals surface area contributed by atoms with Gasteiger partial charge in [0.1, 0.15) is 0 Å². The van der Waals surface area contributed by atoms with E-state index in [9.17, 15) is 18.0 Å². The smallest absolute Gasteiger partial charge is 0.341 e. The fraction of sp³-hybridized carbons (Fsp3) is 0.435. The van der Waals surface area contributed by atoms with E-state index in [1.54, 1.807) is 13.8 Å². The van der Waals surface area contributed by atoms with Crippen molar-refractivity contribution in [1.29, 1.82) is 0 Å². The van der Waals surface area contributed by atoms with Gasteiger partial charge in [-0.15, -0.1) is 0 Å². The highest BCUT2D eigenvalue weighted by Crippen LogP contribution is 2.35. The van der Waals surface area contributed by atoms with Crippen molar-refractivity contribution >= 4 is 5.91 Å². The van der Waals surface area contributed by atoms with Crippen molar-refractivity contribution in [3.05, 3.63) is 70.8 Å². The second kappa shape index (κ2) is 8.19. The number of likely N-dealkylation sites (tertiary alicyclic amines) is 1. The van der Waals surface area contributed by atoms with Crippen LogP contribution in [-0.2, 0) is 11.7 Å². The van der Waals surface area contributed by atoms with Crippen molar-refractivity contribution in [2.75, 3.05) is 20.1 Å². The Kier molecular flexibility index (Phi) is 6.03. The van der Waals surface area contributed by atoms with E-state index in [1.807, 2.05) is 37.4 Å². The lowest BCUT2D eigenvalue weighted by molar-refractivity contribution is -0.137. The Morgan fingerprint density at radius 3 is 2.41 bits per heavy atom. The second-order valence-corrected chi connectivity index (χ2v) is 8.20. The van der Waals surface area contributed by atoms with E-state index < -0.39 is 17.3 Å². The summed E-state index contributed by atoms with van der Waals surface area (Å²) in [6.07, 6.45) is -2.73. The number of nitrogens with zero attached hydrogens (tertiary/aromatic N) is 1. The van der Waals surface area contributed by atoms with Crippen LogP contribution in [0.15, 0.2) is 48.5 Å². The number of hydrogen-bond acceptors (Lipinski definition) is 2. The number of benzene rings is 2. The minimum atomic E-state index is -4.43. The molecule has 156 valence electrons. The van der Waals surface area contributed by atoms with Gasteiger partial charge in [-0.2, -0.15) is 13.2 Å². The third-order valence-electron chi connectivity index (χ3n) is 5.61. The number of carbonyl (C=O) groups is 1. The fourth-order valence-electron chi connectivity index (χ4n) is 4.14. The van der Waals surface area contributed by atoms with Gasteiger partial charge in [0.25, 0.3) is 5.91 Å². The summed E-state index contributed by atoms with van der Waals surface area (Å²) < 4.78 is 39.5. The first kappa shape index (κ1) is 21.4. The van der Waals surface area contributed by atoms with Gasteiger partial charge in [0.05, 0.1) is 11.1 Å². The summed E-state index contributed by atoms with van der Waals surface area (Å²) in [6.45, 7) is 5.20. The largest absolute Gasteiger partial charge is 0.416 e. The van der Waals surface area contributed by atoms with Crippen LogP contribution < -0.4 is 5.32 Å². The molecule has 1 N–H and O–H groups in total. The van der Waals surface area contributed by atoms with E-state index in [0.717, 1.165) is 37.1 Å². The molecule has 1 saturated heterocycles. The predicted molar refractivity (Wildman–Crippen MR) is 108 cm³/mol. The summed E-state index contributed by atoms with van der Waals surface area (Å²) in [5.41, 5.74) is 0.425. The van der Waals surface area contributed by atoms with Gasteiger partial charge in [-0.3, -0.25) is 4.79 Å². The van der Waals surface area contributed by atoms with Crippen LogP contribution in [0.5, 0.6) is 0 Å². The molecule has 1 aliphatic rings. The van der Waals surface area contributed by atoms with Crippen LogP contribution in [-0.4, -0.2) is 30.9 Å². The quantitative estimate of drug-likeness (QED) is 0.762. The molecule has 0 radical (unpaired) electrons. The summed E-state index contributed by atoms with van der Waals surface area (Å²) >= 11 is 0. The molecule has 1 fully saturated rings. The minimum absolute atomic E-state index is 0.209. The molecular formula is C23H27F3N2O. The second-order valence-electron chi connectivity index (χ2n) is 8.20. The lowest BCUT2D eigenvalue weighted by Crippen LogP contribution is -2.55. The highest BCUT2D eigenvalue weighted by molar-refractivity contribution is 5.96. The maximum absolute atomic E-state index is 13.3. The van der Waals surface area contributed by atoms with Gasteiger partial charge in [-0.1, -0.05) is 44.2 Å². The van der Waals surface area contributed by atoms with E-state index in [2.05, 4.69) is 10.2 Å². The normalized spacial score (nSPS) is 20.7. The molecule has 6 heteroatoms. The zero-order valence-corrected chi connectivity index (χ0v) is 17.0. The zero-order valence-electron chi connectivity index (χ0n) is 17.0. The van der Waals surface area contributed by atoms with Crippen LogP contribution in [0.25, 0.3) is 0 Å². The van der Waals surface area contributed by atoms with Gasteiger partial charge in [-0.25, -0.2) is 0 Å². The number of likely N-dealkylation sites (N-methyl/N-ethyl adjacent to an activating group) is 1. The lowest BCUT2D eigenvalue weighted by atomic mass is 9.81. The molecule has 0 saturated carbocycles. The molecular weight excluding hydrogens is 377 g/mol. The van der Waals surface area contributed by atoms with Crippen molar-refractivity contribution in [3.8, 4) is 0 Å². The topological polar surface area (TPSA) is 32.3 Å². The molecule has 0 spiro atoms. The standard InChI is InChI=1S/C23H27F3N2O/c1-16(2)20-14-18(23(24,25)26)10-11-19(20)21(29)27-22(12-7-13-28(3)15-22)17-8-5-4-6-9-17/h4-6,8-11,14,16H,7,12-13,15H2,1-3H3,(H,27,29). The first-order valence-corrected chi connectivity index (χ1v) is 9.90. The monoisotopic (exact) mass is 404 g/mol. The average Bonchev–Trinajstić information content (AvgIpc) is 2.67. The van der Waals surface area contributed by atoms with Crippen LogP contribution in [0.1, 0.15) is 59.7 Å². The van der Waals surface area contributed by atoms with Gasteiger partial charge in [0.2, 0.25) is 0 Å². The van der Waals surface area contributed by atoms with E-state index in [4.69, 9.17) is 0 Å². The van der Waals surface area contributed by atoms with Crippen LogP contribution in [0.3, 0.4) is 0 Å². The third kappa shape index (κ3) is 4.64. The summed E-state index contributed by atoms with van der Waals surface area (Å²) in [4.78, 5) is 15.4. The first-order valence-electron chi connectivity index (χ1n) is 9.90. The molecule has 1 atom stereocenters. The Labute approximate surface area is 169 Å². The van der Waals surface area contributed by atoms with Gasteiger partial charge in [0, 0.05) is 12.1 Å². The highest BCUT2D eigenvalue weighted by Gasteiger charge is 2.38. The maximum atomic E-state index is 13.3. The zero-order chi connectivity index (χ0) is 21.2. The van der Waals surface area contributed by atoms with Crippen LogP contribution in [0, 0.1) is 0 Å². The number of amides is 1. The maximum Gasteiger partial charge on any atom is 0.416 e. The number of carbonyl (C=O) groups excluding carboxylic acids is 1. The highest BCUT2D eigenvalue weighted by atomic mass is 19.4. The van der Waals surface area contributed by atoms with E-state index in [0.29, 0.717) is 17.7 Å². The van der Waals surface area contributed by atoms with Crippen molar-refractivity contribution in [2.45, 2.75) is 44.3 Å². The summed E-state index contributed by atoms with van der Waals surface area (Å²) in [7, 11) is 2.01. The Hall–Kier alpha value is -2.34. The van der Waals surface area contributed by atoms with Crippen LogP contribution in [0.2, 0.25) is 0 Å². The summed E-state index contributed by atoms with van der Waals surface area (Å²) in [5.74, 6) is -0.540. The Bertz CT molecular complexity index is 864. The van der Waals surface area contributed by atoms with Gasteiger partial charge in [0.15, 0.2) is 0 Å². The van der Waals surface area contributed by atoms with Crippen LogP contribution >= 0.6 is 0 Å². The van der Waals surface area contributed by atoms with Crippen molar-refractivity contribution in [2.24, 2.45) is 0 Å². The third-order valence-corrected chi connectivity index (χ3v) is 5.61. The molecule has 3 rings (SSSR count). The van der Waals surface area contributed by atoms with Crippen molar-refractivity contribution < 1.29 is 18.0 Å². The predicted octanol–water partition coefficient (Wildman–Crippen LogP) is 5.18. The lowest BCUT2D eigenvalue weighted by Gasteiger charge is -2.42. The number of piperidine rings is 1. The molecule has 1 amide bonds. The molecule has 0 aromatic heterocycles. The SMILES string of the molecule is CC(C)c1cc(C(F)(F)F)ccc1C(=O)NC1(c2ccccc2)CCCN(C)C1. The minimum Gasteiger partial charge on any atom is -0.341 e. The first-order chi connectivity index (χ1) is 13.6. The van der Waals surface area contributed by atoms with Crippen molar-refractivity contribution in [1.82, 2.24) is 10.2 Å². The molecule has 3 nitrogen and oxygen atoms in total. The molecule has 1 unspecified atom stereocenters. The Balaban J connectivity index is 1.99. The summed E-state index contributed by atoms with van der Waals surface area (Å²) in [6, 6.07) is 13.2. The van der Waals surface area contributed by atoms with Crippen LogP contribution in [0.4, 0.5) is 13.2 Å². The van der Waals surface area contributed by atoms with E-state index in [-0.39, 0.29) is 11.8 Å². The number of nitrogens with one attached hydrogen (secondary N) is 1. The van der Waals surface area contributed by atoms with Gasteiger partial charge < -0.3 is 10.2 Å². The van der Waals surface area contributed by atoms with E-state index >= 15 is 0 Å².